The van der Waals surface area contributed by atoms with Crippen LogP contribution < -0.4 is 10.1 Å². The third-order valence-corrected chi connectivity index (χ3v) is 4.86. The first-order valence-corrected chi connectivity index (χ1v) is 8.93. The average Bonchev–Trinajstić information content (AvgIpc) is 3.26. The number of halogens is 2. The van der Waals surface area contributed by atoms with Gasteiger partial charge in [-0.25, -0.2) is 13.8 Å². The Morgan fingerprint density at radius 3 is 2.82 bits per heavy atom. The number of carbonyl (C=O) groups is 1. The summed E-state index contributed by atoms with van der Waals surface area (Å²) in [6, 6.07) is 4.61. The molecule has 3 aromatic heterocycles. The Morgan fingerprint density at radius 1 is 1.36 bits per heavy atom. The second kappa shape index (κ2) is 7.14. The van der Waals surface area contributed by atoms with E-state index in [2.05, 4.69) is 20.4 Å². The largest absolute Gasteiger partial charge is 0.474 e. The third kappa shape index (κ3) is 3.51. The summed E-state index contributed by atoms with van der Waals surface area (Å²) in [6.07, 6.45) is 0.735. The number of ether oxygens (including phenoxy) is 1. The summed E-state index contributed by atoms with van der Waals surface area (Å²) in [5.41, 5.74) is 1.51. The Bertz CT molecular complexity index is 1020. The van der Waals surface area contributed by atoms with Crippen molar-refractivity contribution in [1.29, 1.82) is 0 Å². The number of amides is 1. The normalized spacial score (nSPS) is 17.9. The number of hydrogen-bond donors (Lipinski definition) is 1. The summed E-state index contributed by atoms with van der Waals surface area (Å²) in [6.45, 7) is 2.47. The van der Waals surface area contributed by atoms with Crippen LogP contribution in [0.15, 0.2) is 30.6 Å². The van der Waals surface area contributed by atoms with E-state index in [0.29, 0.717) is 35.6 Å². The zero-order valence-corrected chi connectivity index (χ0v) is 15.4. The van der Waals surface area contributed by atoms with Gasteiger partial charge < -0.3 is 10.1 Å². The molecule has 0 spiro atoms. The molecular weight excluding hydrogens is 368 g/mol. The Balaban J connectivity index is 1.69. The highest BCUT2D eigenvalue weighted by molar-refractivity contribution is 5.86. The van der Waals surface area contributed by atoms with Crippen LogP contribution in [0.25, 0.3) is 22.2 Å². The van der Waals surface area contributed by atoms with Gasteiger partial charge in [-0.3, -0.25) is 14.5 Å². The number of nitrogens with zero attached hydrogens (tertiary/aromatic N) is 4. The predicted octanol–water partition coefficient (Wildman–Crippen LogP) is 2.87. The van der Waals surface area contributed by atoms with Gasteiger partial charge in [0.1, 0.15) is 11.8 Å². The highest BCUT2D eigenvalue weighted by Crippen LogP contribution is 2.31. The van der Waals surface area contributed by atoms with Crippen molar-refractivity contribution in [3.63, 3.8) is 0 Å². The van der Waals surface area contributed by atoms with Crippen molar-refractivity contribution in [2.75, 3.05) is 6.54 Å². The molecule has 1 N–H and O–H groups in total. The zero-order chi connectivity index (χ0) is 19.8. The number of aryl methyl sites for hydroxylation is 1. The third-order valence-electron chi connectivity index (χ3n) is 4.86. The van der Waals surface area contributed by atoms with Crippen LogP contribution in [0.3, 0.4) is 0 Å². The molecule has 0 saturated carbocycles. The summed E-state index contributed by atoms with van der Waals surface area (Å²) < 4.78 is 33.3. The highest BCUT2D eigenvalue weighted by atomic mass is 19.3. The van der Waals surface area contributed by atoms with E-state index < -0.39 is 6.43 Å². The molecule has 3 aromatic rings. The Kier molecular flexibility index (Phi) is 4.66. The lowest BCUT2D eigenvalue weighted by molar-refractivity contribution is -0.119. The zero-order valence-electron chi connectivity index (χ0n) is 15.4. The standard InChI is InChI=1S/C19H19F2N5O2/c1-10(12-5-17(27)23-8-12)28-19-13-9-26(2)25-16(13)6-15(24-19)11-3-4-14(18(20)21)22-7-11/h3-4,6-7,9-10,12,18H,5,8H2,1-2H3,(H,23,27)/t10?,12-/m1/s1. The topological polar surface area (TPSA) is 81.9 Å². The quantitative estimate of drug-likeness (QED) is 0.728. The van der Waals surface area contributed by atoms with Crippen LogP contribution in [0.2, 0.25) is 0 Å². The molecule has 0 aromatic carbocycles. The number of hydrogen-bond acceptors (Lipinski definition) is 5. The van der Waals surface area contributed by atoms with Crippen molar-refractivity contribution in [2.24, 2.45) is 13.0 Å². The molecule has 7 nitrogen and oxygen atoms in total. The van der Waals surface area contributed by atoms with E-state index in [0.717, 1.165) is 5.39 Å². The summed E-state index contributed by atoms with van der Waals surface area (Å²) in [5.74, 6) is 0.459. The van der Waals surface area contributed by atoms with Crippen molar-refractivity contribution in [1.82, 2.24) is 25.1 Å². The fourth-order valence-corrected chi connectivity index (χ4v) is 3.26. The van der Waals surface area contributed by atoms with E-state index in [9.17, 15) is 13.6 Å². The lowest BCUT2D eigenvalue weighted by Gasteiger charge is -2.19. The summed E-state index contributed by atoms with van der Waals surface area (Å²) in [4.78, 5) is 19.9. The maximum absolute atomic E-state index is 12.8. The van der Waals surface area contributed by atoms with Crippen LogP contribution >= 0.6 is 0 Å². The van der Waals surface area contributed by atoms with Crippen LogP contribution in [0, 0.1) is 5.92 Å². The minimum absolute atomic E-state index is 0.0129. The van der Waals surface area contributed by atoms with E-state index in [1.54, 1.807) is 23.9 Å². The van der Waals surface area contributed by atoms with Crippen LogP contribution in [0.4, 0.5) is 8.78 Å². The predicted molar refractivity (Wildman–Crippen MR) is 97.9 cm³/mol. The number of aromatic nitrogens is 4. The number of pyridine rings is 2. The molecule has 1 fully saturated rings. The van der Waals surface area contributed by atoms with Gasteiger partial charge in [-0.15, -0.1) is 0 Å². The smallest absolute Gasteiger partial charge is 0.280 e. The van der Waals surface area contributed by atoms with Gasteiger partial charge >= 0.3 is 0 Å². The molecule has 1 aliphatic rings. The van der Waals surface area contributed by atoms with Gasteiger partial charge in [0.2, 0.25) is 11.8 Å². The summed E-state index contributed by atoms with van der Waals surface area (Å²) >= 11 is 0. The number of nitrogens with one attached hydrogen (secondary N) is 1. The van der Waals surface area contributed by atoms with Crippen molar-refractivity contribution in [2.45, 2.75) is 25.9 Å². The first-order chi connectivity index (χ1) is 13.4. The second-order valence-corrected chi connectivity index (χ2v) is 6.91. The molecule has 0 bridgehead atoms. The minimum atomic E-state index is -2.62. The van der Waals surface area contributed by atoms with Gasteiger partial charge in [0.25, 0.3) is 6.43 Å². The first kappa shape index (κ1) is 18.3. The lowest BCUT2D eigenvalue weighted by Crippen LogP contribution is -2.26. The number of fused-ring (bicyclic) bond motifs is 1. The molecule has 0 radical (unpaired) electrons. The van der Waals surface area contributed by atoms with Crippen LogP contribution in [-0.4, -0.2) is 38.3 Å². The summed E-state index contributed by atoms with van der Waals surface area (Å²) in [7, 11) is 1.80. The molecule has 4 heterocycles. The monoisotopic (exact) mass is 387 g/mol. The van der Waals surface area contributed by atoms with Gasteiger partial charge in [0.15, 0.2) is 0 Å². The molecular formula is C19H19F2N5O2. The number of alkyl halides is 2. The van der Waals surface area contributed by atoms with Gasteiger partial charge in [-0.2, -0.15) is 5.10 Å². The number of carbonyl (C=O) groups excluding carboxylic acids is 1. The van der Waals surface area contributed by atoms with Crippen LogP contribution in [0.5, 0.6) is 5.88 Å². The van der Waals surface area contributed by atoms with Crippen molar-refractivity contribution in [3.05, 3.63) is 36.3 Å². The molecule has 2 atom stereocenters. The van der Waals surface area contributed by atoms with Gasteiger partial charge in [0.05, 0.1) is 16.6 Å². The minimum Gasteiger partial charge on any atom is -0.474 e. The maximum atomic E-state index is 12.8. The second-order valence-electron chi connectivity index (χ2n) is 6.91. The molecule has 1 amide bonds. The lowest BCUT2D eigenvalue weighted by atomic mass is 10.0. The van der Waals surface area contributed by atoms with Gasteiger partial charge in [0, 0.05) is 43.9 Å². The highest BCUT2D eigenvalue weighted by Gasteiger charge is 2.29. The molecule has 1 saturated heterocycles. The van der Waals surface area contributed by atoms with E-state index in [1.807, 2.05) is 13.1 Å². The average molecular weight is 387 g/mol. The van der Waals surface area contributed by atoms with Crippen molar-refractivity contribution < 1.29 is 18.3 Å². The Hall–Kier alpha value is -3.10. The Morgan fingerprint density at radius 2 is 2.18 bits per heavy atom. The van der Waals surface area contributed by atoms with Crippen molar-refractivity contribution in [3.8, 4) is 17.1 Å². The number of rotatable bonds is 5. The molecule has 0 aliphatic carbocycles. The molecule has 4 rings (SSSR count). The van der Waals surface area contributed by atoms with Gasteiger partial charge in [-0.05, 0) is 25.1 Å². The summed E-state index contributed by atoms with van der Waals surface area (Å²) in [5, 5.41) is 7.96. The van der Waals surface area contributed by atoms with Crippen LogP contribution in [-0.2, 0) is 11.8 Å². The molecule has 146 valence electrons. The van der Waals surface area contributed by atoms with E-state index in [1.165, 1.54) is 12.3 Å². The van der Waals surface area contributed by atoms with Crippen LogP contribution in [0.1, 0.15) is 25.5 Å². The first-order valence-electron chi connectivity index (χ1n) is 8.93. The molecule has 1 aliphatic heterocycles. The van der Waals surface area contributed by atoms with E-state index >= 15 is 0 Å². The maximum Gasteiger partial charge on any atom is 0.280 e. The fourth-order valence-electron chi connectivity index (χ4n) is 3.26. The molecule has 28 heavy (non-hydrogen) atoms. The molecule has 1 unspecified atom stereocenters. The van der Waals surface area contributed by atoms with Crippen molar-refractivity contribution >= 4 is 16.8 Å². The molecule has 9 heteroatoms. The fraction of sp³-hybridized carbons (Fsp3) is 0.368. The Labute approximate surface area is 159 Å². The van der Waals surface area contributed by atoms with E-state index in [4.69, 9.17) is 4.74 Å². The van der Waals surface area contributed by atoms with Gasteiger partial charge in [-0.1, -0.05) is 0 Å². The van der Waals surface area contributed by atoms with E-state index in [-0.39, 0.29) is 23.6 Å². The SMILES string of the molecule is CC(Oc1nc(-c2ccc(C(F)F)nc2)cc2nn(C)cc12)[C@H]1CNC(=O)C1.